The lowest BCUT2D eigenvalue weighted by Crippen LogP contribution is -1.97. The fourth-order valence-corrected chi connectivity index (χ4v) is 4.45. The van der Waals surface area contributed by atoms with E-state index in [9.17, 15) is 4.39 Å². The summed E-state index contributed by atoms with van der Waals surface area (Å²) in [5, 5.41) is 15.8. The molecule has 1 heterocycles. The molecule has 4 aromatic rings. The second-order valence-electron chi connectivity index (χ2n) is 7.32. The van der Waals surface area contributed by atoms with E-state index in [1.54, 1.807) is 12.3 Å². The molecule has 3 aromatic carbocycles. The number of aromatic amines is 1. The van der Waals surface area contributed by atoms with Crippen molar-refractivity contribution in [2.45, 2.75) is 20.3 Å². The van der Waals surface area contributed by atoms with Crippen LogP contribution in [-0.2, 0) is 4.79 Å². The number of nitrogens with one attached hydrogen (secondary N) is 1. The highest BCUT2D eigenvalue weighted by atomic mass is 35.5. The van der Waals surface area contributed by atoms with E-state index in [0.717, 1.165) is 44.3 Å². The van der Waals surface area contributed by atoms with Crippen LogP contribution in [0.25, 0.3) is 28.1 Å². The Balaban J connectivity index is 0.00000103. The number of hydrogen-bond donors (Lipinski definition) is 2. The van der Waals surface area contributed by atoms with E-state index in [4.69, 9.17) is 33.1 Å². The van der Waals surface area contributed by atoms with Gasteiger partial charge in [0.05, 0.1) is 21.8 Å². The lowest BCUT2D eigenvalue weighted by molar-refractivity contribution is -0.122. The first kappa shape index (κ1) is 25.2. The molecule has 0 saturated carbocycles. The molecular weight excluding hydrogens is 474 g/mol. The average Bonchev–Trinajstić information content (AvgIpc) is 3.30. The minimum absolute atomic E-state index is 0.250. The number of aromatic nitrogens is 2. The molecule has 0 saturated heterocycles. The lowest BCUT2D eigenvalue weighted by Gasteiger charge is -2.19. The van der Waals surface area contributed by atoms with Crippen molar-refractivity contribution < 1.29 is 14.3 Å². The molecule has 0 atom stereocenters. The third-order valence-electron chi connectivity index (χ3n) is 5.30. The summed E-state index contributed by atoms with van der Waals surface area (Å²) < 4.78 is 13.7. The van der Waals surface area contributed by atoms with Gasteiger partial charge in [-0.15, -0.1) is 0 Å². The van der Waals surface area contributed by atoms with E-state index in [1.807, 2.05) is 25.1 Å². The molecule has 1 aromatic heterocycles. The van der Waals surface area contributed by atoms with Gasteiger partial charge in [0, 0.05) is 10.9 Å². The third kappa shape index (κ3) is 5.38. The van der Waals surface area contributed by atoms with Gasteiger partial charge in [-0.3, -0.25) is 9.89 Å². The van der Waals surface area contributed by atoms with E-state index in [0.29, 0.717) is 16.5 Å². The quantitative estimate of drug-likeness (QED) is 0.216. The van der Waals surface area contributed by atoms with Crippen molar-refractivity contribution in [1.29, 1.82) is 0 Å². The molecule has 34 heavy (non-hydrogen) atoms. The van der Waals surface area contributed by atoms with Gasteiger partial charge >= 0.3 is 0 Å². The summed E-state index contributed by atoms with van der Waals surface area (Å²) in [6.45, 7) is 3.80. The van der Waals surface area contributed by atoms with E-state index in [1.165, 1.54) is 12.1 Å². The zero-order valence-corrected chi connectivity index (χ0v) is 20.2. The summed E-state index contributed by atoms with van der Waals surface area (Å²) in [5.74, 6) is -0.362. The van der Waals surface area contributed by atoms with Crippen LogP contribution < -0.4 is 0 Å². The van der Waals surface area contributed by atoms with Crippen LogP contribution in [0.4, 0.5) is 4.39 Å². The second-order valence-corrected chi connectivity index (χ2v) is 8.10. The SMILES string of the molecule is C/C=C/c1ccc(/C(=C(/CC)c2ccc(F)cc2Cl)c2ccc3[nH]ncc3c2Cl)cc1.O=CO. The van der Waals surface area contributed by atoms with Crippen molar-refractivity contribution in [2.24, 2.45) is 0 Å². The maximum Gasteiger partial charge on any atom is 0.290 e. The molecule has 0 spiro atoms. The first-order valence-corrected chi connectivity index (χ1v) is 11.3. The molecule has 0 fully saturated rings. The van der Waals surface area contributed by atoms with Gasteiger partial charge in [0.15, 0.2) is 0 Å². The monoisotopic (exact) mass is 496 g/mol. The Morgan fingerprint density at radius 3 is 2.38 bits per heavy atom. The highest BCUT2D eigenvalue weighted by molar-refractivity contribution is 6.38. The van der Waals surface area contributed by atoms with Crippen LogP contribution in [0.3, 0.4) is 0 Å². The Bertz CT molecular complexity index is 1360. The number of nitrogens with zero attached hydrogens (tertiary/aromatic N) is 1. The van der Waals surface area contributed by atoms with Gasteiger partial charge < -0.3 is 5.11 Å². The number of fused-ring (bicyclic) bond motifs is 1. The maximum absolute atomic E-state index is 13.7. The molecular formula is C27H23Cl2FN2O2. The molecule has 0 bridgehead atoms. The second kappa shape index (κ2) is 11.6. The van der Waals surface area contributed by atoms with E-state index in [-0.39, 0.29) is 12.3 Å². The minimum atomic E-state index is -0.362. The van der Waals surface area contributed by atoms with Crippen molar-refractivity contribution in [1.82, 2.24) is 10.2 Å². The van der Waals surface area contributed by atoms with E-state index in [2.05, 4.69) is 47.5 Å². The van der Waals surface area contributed by atoms with Gasteiger partial charge in [-0.25, -0.2) is 4.39 Å². The highest BCUT2D eigenvalue weighted by Crippen LogP contribution is 2.41. The van der Waals surface area contributed by atoms with Crippen molar-refractivity contribution in [2.75, 3.05) is 0 Å². The topological polar surface area (TPSA) is 66.0 Å². The lowest BCUT2D eigenvalue weighted by atomic mass is 9.87. The van der Waals surface area contributed by atoms with Crippen molar-refractivity contribution >= 4 is 57.8 Å². The molecule has 0 radical (unpaired) electrons. The Morgan fingerprint density at radius 1 is 1.09 bits per heavy atom. The summed E-state index contributed by atoms with van der Waals surface area (Å²) in [6, 6.07) is 16.8. The minimum Gasteiger partial charge on any atom is -0.483 e. The summed E-state index contributed by atoms with van der Waals surface area (Å²) in [7, 11) is 0. The fraction of sp³-hybridized carbons (Fsp3) is 0.111. The van der Waals surface area contributed by atoms with E-state index >= 15 is 0 Å². The molecule has 4 rings (SSSR count). The molecule has 0 aliphatic carbocycles. The Morgan fingerprint density at radius 2 is 1.76 bits per heavy atom. The molecule has 0 unspecified atom stereocenters. The van der Waals surface area contributed by atoms with Gasteiger partial charge in [-0.05, 0) is 59.4 Å². The molecule has 7 heteroatoms. The van der Waals surface area contributed by atoms with Crippen LogP contribution in [0.1, 0.15) is 42.5 Å². The molecule has 4 nitrogen and oxygen atoms in total. The number of rotatable bonds is 5. The molecule has 0 aliphatic rings. The molecule has 0 aliphatic heterocycles. The largest absolute Gasteiger partial charge is 0.483 e. The first-order chi connectivity index (χ1) is 16.4. The Hall–Kier alpha value is -3.41. The number of H-pyrrole nitrogens is 1. The molecule has 2 N–H and O–H groups in total. The van der Waals surface area contributed by atoms with Gasteiger partial charge in [-0.1, -0.05) is 78.7 Å². The summed E-state index contributed by atoms with van der Waals surface area (Å²) in [6.07, 6.45) is 6.47. The molecule has 0 amide bonds. The van der Waals surface area contributed by atoms with Crippen LogP contribution in [0.15, 0.2) is 66.9 Å². The van der Waals surface area contributed by atoms with Crippen molar-refractivity contribution in [3.05, 3.63) is 105 Å². The van der Waals surface area contributed by atoms with Gasteiger partial charge in [0.2, 0.25) is 0 Å². The van der Waals surface area contributed by atoms with E-state index < -0.39 is 0 Å². The maximum atomic E-state index is 13.7. The van der Waals surface area contributed by atoms with Crippen LogP contribution in [0.2, 0.25) is 10.0 Å². The first-order valence-electron chi connectivity index (χ1n) is 10.6. The zero-order valence-electron chi connectivity index (χ0n) is 18.6. The smallest absolute Gasteiger partial charge is 0.290 e. The van der Waals surface area contributed by atoms with Crippen LogP contribution >= 0.6 is 23.2 Å². The van der Waals surface area contributed by atoms with Crippen molar-refractivity contribution in [3.8, 4) is 0 Å². The van der Waals surface area contributed by atoms with Gasteiger partial charge in [-0.2, -0.15) is 5.10 Å². The number of carboxylic acid groups (broad SMARTS) is 1. The van der Waals surface area contributed by atoms with Gasteiger partial charge in [0.1, 0.15) is 5.82 Å². The number of halogens is 3. The summed E-state index contributed by atoms with van der Waals surface area (Å²) in [5.41, 5.74) is 6.63. The fourth-order valence-electron chi connectivity index (χ4n) is 3.86. The number of carbonyl (C=O) groups is 1. The number of hydrogen-bond acceptors (Lipinski definition) is 2. The van der Waals surface area contributed by atoms with Crippen molar-refractivity contribution in [3.63, 3.8) is 0 Å². The number of benzene rings is 3. The third-order valence-corrected chi connectivity index (χ3v) is 6.02. The number of allylic oxidation sites excluding steroid dienone is 2. The van der Waals surface area contributed by atoms with Crippen LogP contribution in [0.5, 0.6) is 0 Å². The highest BCUT2D eigenvalue weighted by Gasteiger charge is 2.19. The average molecular weight is 497 g/mol. The zero-order chi connectivity index (χ0) is 24.7. The summed E-state index contributed by atoms with van der Waals surface area (Å²) in [4.78, 5) is 8.36. The standard InChI is InChI=1S/C26H21Cl2FN2.CH2O2/c1-3-5-16-6-8-17(9-7-16)25(19(4-2)20-11-10-18(29)14-23(20)27)21-12-13-24-22(26(21)28)15-30-31-24;2-1-3/h3,5-15H,4H2,1-2H3,(H,30,31);1H,(H,2,3)/b5-3+,25-19+;. The van der Waals surface area contributed by atoms with Gasteiger partial charge in [0.25, 0.3) is 6.47 Å². The van der Waals surface area contributed by atoms with Crippen LogP contribution in [0, 0.1) is 5.82 Å². The Kier molecular flexibility index (Phi) is 8.63. The predicted molar refractivity (Wildman–Crippen MR) is 139 cm³/mol. The Labute approximate surface area is 207 Å². The van der Waals surface area contributed by atoms with Crippen LogP contribution in [-0.4, -0.2) is 21.8 Å². The predicted octanol–water partition coefficient (Wildman–Crippen LogP) is 8.11. The molecule has 174 valence electrons. The normalized spacial score (nSPS) is 11.8. The summed E-state index contributed by atoms with van der Waals surface area (Å²) >= 11 is 13.3.